The van der Waals surface area contributed by atoms with Crippen molar-refractivity contribution in [2.45, 2.75) is 58.5 Å². The van der Waals surface area contributed by atoms with Gasteiger partial charge in [0.15, 0.2) is 0 Å². The Hall–Kier alpha value is -4.50. The summed E-state index contributed by atoms with van der Waals surface area (Å²) in [7, 11) is 0. The van der Waals surface area contributed by atoms with E-state index in [9.17, 15) is 28.4 Å². The fourth-order valence-electron chi connectivity index (χ4n) is 5.61. The van der Waals surface area contributed by atoms with E-state index >= 15 is 0 Å². The molecule has 1 N–H and O–H groups in total. The molecule has 2 aliphatic heterocycles. The molecule has 3 atom stereocenters. The molecule has 3 heterocycles. The molecule has 0 bridgehead atoms. The van der Waals surface area contributed by atoms with Gasteiger partial charge < -0.3 is 19.9 Å². The average Bonchev–Trinajstić information content (AvgIpc) is 3.34. The van der Waals surface area contributed by atoms with E-state index in [0.29, 0.717) is 34.5 Å². The minimum absolute atomic E-state index is 0.00746. The zero-order valence-electron chi connectivity index (χ0n) is 23.7. The SMILES string of the molecule is CC(=O)NC[C@H]1CN([C@@H](C)c2ccc(OC(F)F)cc2)C(=O)c2c3c(nn21)C[C@@H](C)N(C(=O)c1ccc(Cl)c(C#N)c1)C3. The number of hydrogen-bond donors (Lipinski definition) is 1. The molecule has 2 aromatic carbocycles. The van der Waals surface area contributed by atoms with Crippen molar-refractivity contribution >= 4 is 29.3 Å². The summed E-state index contributed by atoms with van der Waals surface area (Å²) in [6, 6.07) is 11.5. The number of aromatic nitrogens is 2. The summed E-state index contributed by atoms with van der Waals surface area (Å²) >= 11 is 6.07. The standard InChI is InChI=1S/C30H29ClF2N6O4/c1-16-10-26-24(15-37(16)28(41)20-6-9-25(31)21(11-20)12-34)27-29(42)38(14-22(39(27)36-26)13-35-18(3)40)17(2)19-4-7-23(8-5-19)43-30(32)33/h4-9,11,16-17,22,30H,10,13-15H2,1-3H3,(H,35,40)/t16-,17+,22+/m1/s1. The van der Waals surface area contributed by atoms with Crippen LogP contribution < -0.4 is 10.1 Å². The number of hydrogen-bond acceptors (Lipinski definition) is 6. The molecule has 3 amide bonds. The Bertz CT molecular complexity index is 1620. The number of halogens is 3. The molecule has 1 aromatic heterocycles. The third-order valence-corrected chi connectivity index (χ3v) is 8.22. The van der Waals surface area contributed by atoms with Crippen molar-refractivity contribution in [1.82, 2.24) is 24.9 Å². The summed E-state index contributed by atoms with van der Waals surface area (Å²) in [6.07, 6.45) is 0.404. The summed E-state index contributed by atoms with van der Waals surface area (Å²) < 4.78 is 31.4. The zero-order chi connectivity index (χ0) is 31.0. The lowest BCUT2D eigenvalue weighted by atomic mass is 9.96. The van der Waals surface area contributed by atoms with Gasteiger partial charge in [-0.2, -0.15) is 19.1 Å². The molecule has 0 radical (unpaired) electrons. The molecule has 0 saturated carbocycles. The molecular formula is C30H29ClF2N6O4. The summed E-state index contributed by atoms with van der Waals surface area (Å²) in [5.41, 5.74) is 2.86. The van der Waals surface area contributed by atoms with Crippen LogP contribution in [0.25, 0.3) is 0 Å². The normalized spacial score (nSPS) is 18.5. The Morgan fingerprint density at radius 2 is 1.95 bits per heavy atom. The van der Waals surface area contributed by atoms with Crippen molar-refractivity contribution < 1.29 is 27.9 Å². The number of rotatable bonds is 7. The Kier molecular flexibility index (Phi) is 8.37. The number of nitrogens with zero attached hydrogens (tertiary/aromatic N) is 5. The smallest absolute Gasteiger partial charge is 0.387 e. The summed E-state index contributed by atoms with van der Waals surface area (Å²) in [6.45, 7) is 2.77. The third kappa shape index (κ3) is 5.90. The Morgan fingerprint density at radius 1 is 1.23 bits per heavy atom. The maximum Gasteiger partial charge on any atom is 0.387 e. The highest BCUT2D eigenvalue weighted by Gasteiger charge is 2.41. The largest absolute Gasteiger partial charge is 0.435 e. The number of ether oxygens (including phenoxy) is 1. The number of nitrogens with one attached hydrogen (secondary N) is 1. The molecule has 3 aromatic rings. The number of alkyl halides is 2. The molecular weight excluding hydrogens is 582 g/mol. The van der Waals surface area contributed by atoms with Crippen LogP contribution in [0, 0.1) is 11.3 Å². The molecule has 0 aliphatic carbocycles. The van der Waals surface area contributed by atoms with Crippen LogP contribution in [-0.4, -0.2) is 63.0 Å². The first-order chi connectivity index (χ1) is 20.5. The van der Waals surface area contributed by atoms with Gasteiger partial charge in [-0.25, -0.2) is 0 Å². The van der Waals surface area contributed by atoms with Gasteiger partial charge in [0.2, 0.25) is 5.91 Å². The quantitative estimate of drug-likeness (QED) is 0.421. The van der Waals surface area contributed by atoms with Gasteiger partial charge in [0.1, 0.15) is 17.5 Å². The number of amides is 3. The molecule has 0 fully saturated rings. The number of nitriles is 1. The first-order valence-electron chi connectivity index (χ1n) is 13.7. The fourth-order valence-corrected chi connectivity index (χ4v) is 5.77. The Balaban J connectivity index is 1.49. The summed E-state index contributed by atoms with van der Waals surface area (Å²) in [4.78, 5) is 42.8. The molecule has 224 valence electrons. The predicted molar refractivity (Wildman–Crippen MR) is 152 cm³/mol. The molecule has 0 unspecified atom stereocenters. The van der Waals surface area contributed by atoms with E-state index in [0.717, 1.165) is 0 Å². The fraction of sp³-hybridized carbons (Fsp3) is 0.367. The van der Waals surface area contributed by atoms with Gasteiger partial charge in [-0.1, -0.05) is 23.7 Å². The topological polar surface area (TPSA) is 121 Å². The minimum Gasteiger partial charge on any atom is -0.435 e. The van der Waals surface area contributed by atoms with E-state index in [1.54, 1.807) is 32.7 Å². The second-order valence-electron chi connectivity index (χ2n) is 10.7. The highest BCUT2D eigenvalue weighted by atomic mass is 35.5. The van der Waals surface area contributed by atoms with Crippen LogP contribution in [0.3, 0.4) is 0 Å². The first-order valence-corrected chi connectivity index (χ1v) is 14.1. The second-order valence-corrected chi connectivity index (χ2v) is 11.1. The Morgan fingerprint density at radius 3 is 2.60 bits per heavy atom. The average molecular weight is 611 g/mol. The van der Waals surface area contributed by atoms with Gasteiger partial charge >= 0.3 is 6.61 Å². The van der Waals surface area contributed by atoms with Crippen molar-refractivity contribution in [1.29, 1.82) is 5.26 Å². The van der Waals surface area contributed by atoms with Gasteiger partial charge in [0.05, 0.1) is 34.9 Å². The molecule has 13 heteroatoms. The third-order valence-electron chi connectivity index (χ3n) is 7.89. The number of fused-ring (bicyclic) bond motifs is 3. The first kappa shape index (κ1) is 30.0. The van der Waals surface area contributed by atoms with Crippen LogP contribution in [-0.2, 0) is 17.8 Å². The maximum absolute atomic E-state index is 14.1. The van der Waals surface area contributed by atoms with Crippen LogP contribution in [0.15, 0.2) is 42.5 Å². The summed E-state index contributed by atoms with van der Waals surface area (Å²) in [5, 5.41) is 17.2. The van der Waals surface area contributed by atoms with Gasteiger partial charge in [-0.15, -0.1) is 0 Å². The van der Waals surface area contributed by atoms with Gasteiger partial charge in [0, 0.05) is 43.6 Å². The van der Waals surface area contributed by atoms with Crippen molar-refractivity contribution in [2.75, 3.05) is 13.1 Å². The lowest BCUT2D eigenvalue weighted by Gasteiger charge is -2.38. The Labute approximate surface area is 251 Å². The second kappa shape index (κ2) is 12.0. The van der Waals surface area contributed by atoms with Crippen LogP contribution in [0.5, 0.6) is 5.75 Å². The molecule has 10 nitrogen and oxygen atoms in total. The van der Waals surface area contributed by atoms with Gasteiger partial charge in [0.25, 0.3) is 11.8 Å². The van der Waals surface area contributed by atoms with E-state index in [2.05, 4.69) is 10.1 Å². The number of benzene rings is 2. The van der Waals surface area contributed by atoms with E-state index < -0.39 is 12.7 Å². The van der Waals surface area contributed by atoms with Gasteiger partial charge in [-0.3, -0.25) is 19.1 Å². The number of carbonyl (C=O) groups is 3. The lowest BCUT2D eigenvalue weighted by Crippen LogP contribution is -2.48. The van der Waals surface area contributed by atoms with Crippen LogP contribution in [0.1, 0.15) is 76.1 Å². The molecule has 5 rings (SSSR count). The van der Waals surface area contributed by atoms with Crippen molar-refractivity contribution in [3.8, 4) is 11.8 Å². The lowest BCUT2D eigenvalue weighted by molar-refractivity contribution is -0.119. The highest BCUT2D eigenvalue weighted by molar-refractivity contribution is 6.31. The van der Waals surface area contributed by atoms with Crippen LogP contribution in [0.4, 0.5) is 8.78 Å². The monoisotopic (exact) mass is 610 g/mol. The number of carbonyl (C=O) groups excluding carboxylic acids is 3. The van der Waals surface area contributed by atoms with Crippen molar-refractivity contribution in [3.63, 3.8) is 0 Å². The molecule has 2 aliphatic rings. The maximum atomic E-state index is 14.1. The summed E-state index contributed by atoms with van der Waals surface area (Å²) in [5.74, 6) is -0.822. The van der Waals surface area contributed by atoms with E-state index in [-0.39, 0.29) is 65.8 Å². The zero-order valence-corrected chi connectivity index (χ0v) is 24.4. The molecule has 0 saturated heterocycles. The minimum atomic E-state index is -2.95. The van der Waals surface area contributed by atoms with Crippen molar-refractivity contribution in [3.05, 3.63) is 81.1 Å². The van der Waals surface area contributed by atoms with Gasteiger partial charge in [-0.05, 0) is 49.7 Å². The van der Waals surface area contributed by atoms with Crippen LogP contribution in [0.2, 0.25) is 5.02 Å². The predicted octanol–water partition coefficient (Wildman–Crippen LogP) is 4.49. The molecule has 43 heavy (non-hydrogen) atoms. The van der Waals surface area contributed by atoms with Crippen LogP contribution >= 0.6 is 11.6 Å². The van der Waals surface area contributed by atoms with E-state index in [1.165, 1.54) is 31.2 Å². The highest BCUT2D eigenvalue weighted by Crippen LogP contribution is 2.36. The van der Waals surface area contributed by atoms with Crippen molar-refractivity contribution in [2.24, 2.45) is 0 Å². The molecule has 0 spiro atoms. The van der Waals surface area contributed by atoms with E-state index in [4.69, 9.17) is 16.7 Å². The van der Waals surface area contributed by atoms with E-state index in [1.807, 2.05) is 19.9 Å².